The molecule has 1 aliphatic carbocycles. The lowest BCUT2D eigenvalue weighted by Crippen LogP contribution is -2.20. The van der Waals surface area contributed by atoms with Crippen LogP contribution >= 0.6 is 0 Å². The van der Waals surface area contributed by atoms with E-state index in [9.17, 15) is 13.2 Å². The first-order valence-corrected chi connectivity index (χ1v) is 7.45. The fourth-order valence-electron chi connectivity index (χ4n) is 2.16. The van der Waals surface area contributed by atoms with Gasteiger partial charge in [0.1, 0.15) is 0 Å². The van der Waals surface area contributed by atoms with Crippen LogP contribution in [0.3, 0.4) is 0 Å². The molecule has 1 aromatic rings. The molecule has 98 valence electrons. The van der Waals surface area contributed by atoms with Crippen molar-refractivity contribution in [2.45, 2.75) is 30.6 Å². The number of sulfonamides is 1. The van der Waals surface area contributed by atoms with Gasteiger partial charge in [-0.25, -0.2) is 13.6 Å². The third kappa shape index (κ3) is 3.08. The molecular weight excluding hydrogens is 252 g/mol. The van der Waals surface area contributed by atoms with Crippen molar-refractivity contribution in [3.8, 4) is 0 Å². The van der Waals surface area contributed by atoms with Crippen LogP contribution in [-0.4, -0.2) is 14.3 Å². The first-order chi connectivity index (χ1) is 8.47. The molecule has 0 radical (unpaired) electrons. The third-order valence-corrected chi connectivity index (χ3v) is 4.11. The molecule has 5 nitrogen and oxygen atoms in total. The zero-order valence-electron chi connectivity index (χ0n) is 9.93. The van der Waals surface area contributed by atoms with Crippen molar-refractivity contribution in [2.75, 3.05) is 5.32 Å². The highest BCUT2D eigenvalue weighted by atomic mass is 32.2. The zero-order chi connectivity index (χ0) is 13.2. The highest BCUT2D eigenvalue weighted by molar-refractivity contribution is 7.89. The van der Waals surface area contributed by atoms with Gasteiger partial charge in [0.25, 0.3) is 0 Å². The maximum atomic E-state index is 11.8. The van der Waals surface area contributed by atoms with Crippen molar-refractivity contribution in [1.29, 1.82) is 0 Å². The van der Waals surface area contributed by atoms with Gasteiger partial charge in [0, 0.05) is 11.6 Å². The second-order valence-corrected chi connectivity index (χ2v) is 6.10. The van der Waals surface area contributed by atoms with E-state index >= 15 is 0 Å². The SMILES string of the molecule is NS(=O)(=O)c1ccc(NC(=O)C2CCCC2)cc1. The van der Waals surface area contributed by atoms with Crippen molar-refractivity contribution < 1.29 is 13.2 Å². The summed E-state index contributed by atoms with van der Waals surface area (Å²) in [5.74, 6) is 0.0961. The Kier molecular flexibility index (Phi) is 3.68. The largest absolute Gasteiger partial charge is 0.326 e. The van der Waals surface area contributed by atoms with Crippen LogP contribution in [-0.2, 0) is 14.8 Å². The maximum Gasteiger partial charge on any atom is 0.238 e. The average molecular weight is 268 g/mol. The first-order valence-electron chi connectivity index (χ1n) is 5.90. The second-order valence-electron chi connectivity index (χ2n) is 4.54. The van der Waals surface area contributed by atoms with Crippen LogP contribution in [0.5, 0.6) is 0 Å². The number of carbonyl (C=O) groups is 1. The lowest BCUT2D eigenvalue weighted by Gasteiger charge is -2.10. The molecule has 0 aromatic heterocycles. The molecule has 0 bridgehead atoms. The Balaban J connectivity index is 2.04. The van der Waals surface area contributed by atoms with Gasteiger partial charge < -0.3 is 5.32 Å². The first kappa shape index (κ1) is 13.0. The molecule has 1 amide bonds. The average Bonchev–Trinajstić information content (AvgIpc) is 2.82. The Hall–Kier alpha value is -1.40. The molecule has 0 aliphatic heterocycles. The van der Waals surface area contributed by atoms with Crippen LogP contribution in [0.25, 0.3) is 0 Å². The van der Waals surface area contributed by atoms with Gasteiger partial charge >= 0.3 is 0 Å². The Bertz CT molecular complexity index is 531. The normalized spacial score (nSPS) is 16.7. The standard InChI is InChI=1S/C12H16N2O3S/c13-18(16,17)11-7-5-10(6-8-11)14-12(15)9-3-1-2-4-9/h5-9H,1-4H2,(H,14,15)(H2,13,16,17). The summed E-state index contributed by atoms with van der Waals surface area (Å²) in [4.78, 5) is 11.9. The molecular formula is C12H16N2O3S. The van der Waals surface area contributed by atoms with Gasteiger partial charge in [0.05, 0.1) is 4.90 Å². The molecule has 0 atom stereocenters. The summed E-state index contributed by atoms with van der Waals surface area (Å²) in [6, 6.07) is 5.87. The van der Waals surface area contributed by atoms with Crippen molar-refractivity contribution in [3.05, 3.63) is 24.3 Å². The van der Waals surface area contributed by atoms with E-state index in [1.807, 2.05) is 0 Å². The van der Waals surface area contributed by atoms with E-state index in [0.29, 0.717) is 5.69 Å². The Labute approximate surface area is 106 Å². The van der Waals surface area contributed by atoms with Crippen molar-refractivity contribution in [2.24, 2.45) is 11.1 Å². The van der Waals surface area contributed by atoms with Crippen molar-refractivity contribution in [1.82, 2.24) is 0 Å². The number of hydrogen-bond acceptors (Lipinski definition) is 3. The van der Waals surface area contributed by atoms with Crippen LogP contribution in [0.1, 0.15) is 25.7 Å². The molecule has 6 heteroatoms. The molecule has 0 saturated heterocycles. The van der Waals surface area contributed by atoms with Gasteiger partial charge in [-0.1, -0.05) is 12.8 Å². The number of carbonyl (C=O) groups excluding carboxylic acids is 1. The number of hydrogen-bond donors (Lipinski definition) is 2. The predicted molar refractivity (Wildman–Crippen MR) is 68.4 cm³/mol. The van der Waals surface area contributed by atoms with Crippen LogP contribution in [0.2, 0.25) is 0 Å². The van der Waals surface area contributed by atoms with Gasteiger partial charge in [-0.05, 0) is 37.1 Å². The fourth-order valence-corrected chi connectivity index (χ4v) is 2.68. The monoisotopic (exact) mass is 268 g/mol. The number of nitrogens with one attached hydrogen (secondary N) is 1. The predicted octanol–water partition coefficient (Wildman–Crippen LogP) is 1.46. The van der Waals surface area contributed by atoms with Gasteiger partial charge in [-0.3, -0.25) is 4.79 Å². The minimum Gasteiger partial charge on any atom is -0.326 e. The number of rotatable bonds is 3. The van der Waals surface area contributed by atoms with E-state index < -0.39 is 10.0 Å². The van der Waals surface area contributed by atoms with Crippen molar-refractivity contribution >= 4 is 21.6 Å². The molecule has 1 fully saturated rings. The summed E-state index contributed by atoms with van der Waals surface area (Å²) in [6.45, 7) is 0. The summed E-state index contributed by atoms with van der Waals surface area (Å²) < 4.78 is 22.1. The summed E-state index contributed by atoms with van der Waals surface area (Å²) in [6.07, 6.45) is 4.06. The number of primary sulfonamides is 1. The maximum absolute atomic E-state index is 11.8. The fraction of sp³-hybridized carbons (Fsp3) is 0.417. The summed E-state index contributed by atoms with van der Waals surface area (Å²) in [5.41, 5.74) is 0.597. The molecule has 1 aliphatic rings. The van der Waals surface area contributed by atoms with Crippen LogP contribution in [0.15, 0.2) is 29.2 Å². The number of amides is 1. The lowest BCUT2D eigenvalue weighted by molar-refractivity contribution is -0.119. The van der Waals surface area contributed by atoms with Gasteiger partial charge in [-0.2, -0.15) is 0 Å². The number of anilines is 1. The zero-order valence-corrected chi connectivity index (χ0v) is 10.7. The van der Waals surface area contributed by atoms with Crippen LogP contribution < -0.4 is 10.5 Å². The van der Waals surface area contributed by atoms with Crippen LogP contribution in [0.4, 0.5) is 5.69 Å². The lowest BCUT2D eigenvalue weighted by atomic mass is 10.1. The molecule has 0 unspecified atom stereocenters. The quantitative estimate of drug-likeness (QED) is 0.869. The molecule has 18 heavy (non-hydrogen) atoms. The molecule has 1 aromatic carbocycles. The van der Waals surface area contributed by atoms with Gasteiger partial charge in [-0.15, -0.1) is 0 Å². The van der Waals surface area contributed by atoms with E-state index in [2.05, 4.69) is 5.32 Å². The molecule has 0 heterocycles. The number of nitrogens with two attached hydrogens (primary N) is 1. The third-order valence-electron chi connectivity index (χ3n) is 3.18. The molecule has 0 spiro atoms. The minimum atomic E-state index is -3.68. The summed E-state index contributed by atoms with van der Waals surface area (Å²) in [5, 5.41) is 7.78. The molecule has 1 saturated carbocycles. The van der Waals surface area contributed by atoms with E-state index in [4.69, 9.17) is 5.14 Å². The summed E-state index contributed by atoms with van der Waals surface area (Å²) >= 11 is 0. The van der Waals surface area contributed by atoms with Crippen LogP contribution in [0, 0.1) is 5.92 Å². The second kappa shape index (κ2) is 5.07. The number of benzene rings is 1. The minimum absolute atomic E-state index is 0.0101. The van der Waals surface area contributed by atoms with E-state index in [0.717, 1.165) is 25.7 Å². The van der Waals surface area contributed by atoms with Crippen molar-refractivity contribution in [3.63, 3.8) is 0 Å². The molecule has 3 N–H and O–H groups in total. The topological polar surface area (TPSA) is 89.3 Å². The van der Waals surface area contributed by atoms with E-state index in [-0.39, 0.29) is 16.7 Å². The summed E-state index contributed by atoms with van der Waals surface area (Å²) in [7, 11) is -3.68. The Morgan fingerprint density at radius 3 is 2.22 bits per heavy atom. The Morgan fingerprint density at radius 1 is 1.17 bits per heavy atom. The smallest absolute Gasteiger partial charge is 0.238 e. The van der Waals surface area contributed by atoms with E-state index in [1.54, 1.807) is 12.1 Å². The van der Waals surface area contributed by atoms with E-state index in [1.165, 1.54) is 12.1 Å². The van der Waals surface area contributed by atoms with Gasteiger partial charge in [0.2, 0.25) is 15.9 Å². The highest BCUT2D eigenvalue weighted by Crippen LogP contribution is 2.26. The highest BCUT2D eigenvalue weighted by Gasteiger charge is 2.22. The van der Waals surface area contributed by atoms with Gasteiger partial charge in [0.15, 0.2) is 0 Å². The Morgan fingerprint density at radius 2 is 1.72 bits per heavy atom. The molecule has 2 rings (SSSR count).